The first kappa shape index (κ1) is 15.4. The zero-order valence-corrected chi connectivity index (χ0v) is 13.6. The van der Waals surface area contributed by atoms with Crippen molar-refractivity contribution in [3.05, 3.63) is 64.8 Å². The Labute approximate surface area is 144 Å². The summed E-state index contributed by atoms with van der Waals surface area (Å²) in [7, 11) is 0. The highest BCUT2D eigenvalue weighted by molar-refractivity contribution is 6.07. The van der Waals surface area contributed by atoms with E-state index >= 15 is 0 Å². The van der Waals surface area contributed by atoms with Gasteiger partial charge in [0.25, 0.3) is 5.91 Å². The average molecular weight is 334 g/mol. The van der Waals surface area contributed by atoms with Gasteiger partial charge >= 0.3 is 5.97 Å². The molecule has 0 bridgehead atoms. The van der Waals surface area contributed by atoms with Crippen molar-refractivity contribution in [1.82, 2.24) is 4.98 Å². The highest BCUT2D eigenvalue weighted by Gasteiger charge is 2.17. The summed E-state index contributed by atoms with van der Waals surface area (Å²) in [6.07, 6.45) is 4.49. The van der Waals surface area contributed by atoms with Gasteiger partial charge in [-0.25, -0.2) is 4.79 Å². The minimum absolute atomic E-state index is 0.146. The lowest BCUT2D eigenvalue weighted by atomic mass is 9.95. The van der Waals surface area contributed by atoms with Gasteiger partial charge in [-0.2, -0.15) is 0 Å². The maximum absolute atomic E-state index is 12.6. The molecule has 0 radical (unpaired) electrons. The van der Waals surface area contributed by atoms with Crippen LogP contribution in [0.1, 0.15) is 44.8 Å². The van der Waals surface area contributed by atoms with Gasteiger partial charge in [-0.15, -0.1) is 0 Å². The van der Waals surface area contributed by atoms with Crippen molar-refractivity contribution in [3.8, 4) is 0 Å². The summed E-state index contributed by atoms with van der Waals surface area (Å²) < 4.78 is 0. The third-order valence-electron chi connectivity index (χ3n) is 4.73. The second-order valence-corrected chi connectivity index (χ2v) is 6.39. The van der Waals surface area contributed by atoms with Crippen molar-refractivity contribution in [2.75, 3.05) is 5.32 Å². The van der Waals surface area contributed by atoms with E-state index in [-0.39, 0.29) is 11.5 Å². The smallest absolute Gasteiger partial charge is 0.335 e. The fraction of sp³-hybridized carbons (Fsp3) is 0.200. The number of aromatic nitrogens is 1. The lowest BCUT2D eigenvalue weighted by molar-refractivity contribution is 0.0696. The molecule has 1 aliphatic carbocycles. The molecular formula is C20H18N2O3. The first-order valence-electron chi connectivity index (χ1n) is 8.40. The molecule has 25 heavy (non-hydrogen) atoms. The van der Waals surface area contributed by atoms with Crippen molar-refractivity contribution in [2.45, 2.75) is 25.7 Å². The molecule has 3 aromatic rings. The number of carbonyl (C=O) groups is 2. The van der Waals surface area contributed by atoms with Gasteiger partial charge in [0.2, 0.25) is 0 Å². The van der Waals surface area contributed by atoms with Crippen molar-refractivity contribution < 1.29 is 14.7 Å². The van der Waals surface area contributed by atoms with Crippen LogP contribution in [0.5, 0.6) is 0 Å². The molecular weight excluding hydrogens is 316 g/mol. The highest BCUT2D eigenvalue weighted by Crippen LogP contribution is 2.29. The summed E-state index contributed by atoms with van der Waals surface area (Å²) in [4.78, 5) is 27.1. The summed E-state index contributed by atoms with van der Waals surface area (Å²) in [5.74, 6) is -1.26. The third kappa shape index (κ3) is 2.89. The average Bonchev–Trinajstić information content (AvgIpc) is 2.99. The van der Waals surface area contributed by atoms with E-state index in [4.69, 9.17) is 5.11 Å². The van der Waals surface area contributed by atoms with Crippen LogP contribution in [0.2, 0.25) is 0 Å². The zero-order chi connectivity index (χ0) is 17.4. The van der Waals surface area contributed by atoms with Crippen LogP contribution in [0, 0.1) is 0 Å². The Bertz CT molecular complexity index is 988. The molecule has 0 aliphatic heterocycles. The van der Waals surface area contributed by atoms with E-state index in [2.05, 4.69) is 10.3 Å². The maximum atomic E-state index is 12.6. The molecule has 0 spiro atoms. The van der Waals surface area contributed by atoms with Crippen LogP contribution in [0.4, 0.5) is 5.69 Å². The number of aromatic amines is 1. The maximum Gasteiger partial charge on any atom is 0.335 e. The molecule has 2 aromatic carbocycles. The summed E-state index contributed by atoms with van der Waals surface area (Å²) in [6.45, 7) is 0. The lowest BCUT2D eigenvalue weighted by Gasteiger charge is -2.10. The molecule has 5 nitrogen and oxygen atoms in total. The van der Waals surface area contributed by atoms with Gasteiger partial charge < -0.3 is 15.4 Å². The van der Waals surface area contributed by atoms with E-state index in [0.717, 1.165) is 23.7 Å². The summed E-state index contributed by atoms with van der Waals surface area (Å²) >= 11 is 0. The van der Waals surface area contributed by atoms with Gasteiger partial charge in [0.1, 0.15) is 0 Å². The molecule has 1 heterocycles. The van der Waals surface area contributed by atoms with E-state index in [1.54, 1.807) is 18.2 Å². The lowest BCUT2D eigenvalue weighted by Crippen LogP contribution is -2.12. The molecule has 1 amide bonds. The largest absolute Gasteiger partial charge is 0.478 e. The van der Waals surface area contributed by atoms with Gasteiger partial charge in [0.15, 0.2) is 0 Å². The topological polar surface area (TPSA) is 82.2 Å². The van der Waals surface area contributed by atoms with Gasteiger partial charge in [-0.05, 0) is 67.6 Å². The number of amides is 1. The Balaban J connectivity index is 1.64. The zero-order valence-electron chi connectivity index (χ0n) is 13.6. The Morgan fingerprint density at radius 3 is 2.68 bits per heavy atom. The standard InChI is InChI=1S/C20H18N2O3/c23-19(21-14-5-3-4-13(10-14)20(24)25)12-8-9-18-16(11-12)15-6-1-2-7-17(15)22-18/h3-5,8-11,22H,1-2,6-7H2,(H,21,23)(H,24,25). The summed E-state index contributed by atoms with van der Waals surface area (Å²) in [5.41, 5.74) is 4.86. The molecule has 126 valence electrons. The van der Waals surface area contributed by atoms with Crippen LogP contribution in [0.3, 0.4) is 0 Å². The van der Waals surface area contributed by atoms with E-state index in [1.165, 1.54) is 36.2 Å². The number of H-pyrrole nitrogens is 1. The van der Waals surface area contributed by atoms with Crippen molar-refractivity contribution in [3.63, 3.8) is 0 Å². The molecule has 4 rings (SSSR count). The van der Waals surface area contributed by atoms with Gasteiger partial charge in [-0.1, -0.05) is 6.07 Å². The minimum atomic E-state index is -1.02. The second-order valence-electron chi connectivity index (χ2n) is 6.39. The quantitative estimate of drug-likeness (QED) is 0.677. The number of hydrogen-bond donors (Lipinski definition) is 3. The SMILES string of the molecule is O=C(O)c1cccc(NC(=O)c2ccc3[nH]c4c(c3c2)CCCC4)c1. The van der Waals surface area contributed by atoms with Crippen LogP contribution in [0.25, 0.3) is 10.9 Å². The number of rotatable bonds is 3. The molecule has 0 fully saturated rings. The van der Waals surface area contributed by atoms with Crippen molar-refractivity contribution >= 4 is 28.5 Å². The molecule has 0 atom stereocenters. The van der Waals surface area contributed by atoms with E-state index in [9.17, 15) is 9.59 Å². The van der Waals surface area contributed by atoms with Crippen molar-refractivity contribution in [2.24, 2.45) is 0 Å². The Kier molecular flexibility index (Phi) is 3.76. The fourth-order valence-corrected chi connectivity index (χ4v) is 3.48. The van der Waals surface area contributed by atoms with Crippen LogP contribution < -0.4 is 5.32 Å². The number of aryl methyl sites for hydroxylation is 2. The van der Waals surface area contributed by atoms with Crippen LogP contribution in [-0.2, 0) is 12.8 Å². The number of anilines is 1. The monoisotopic (exact) mass is 334 g/mol. The molecule has 3 N–H and O–H groups in total. The number of fused-ring (bicyclic) bond motifs is 3. The van der Waals surface area contributed by atoms with Crippen LogP contribution >= 0.6 is 0 Å². The number of carbonyl (C=O) groups excluding carboxylic acids is 1. The molecule has 1 aliphatic rings. The fourth-order valence-electron chi connectivity index (χ4n) is 3.48. The Morgan fingerprint density at radius 2 is 1.84 bits per heavy atom. The van der Waals surface area contributed by atoms with Crippen LogP contribution in [0.15, 0.2) is 42.5 Å². The second kappa shape index (κ2) is 6.09. The first-order chi connectivity index (χ1) is 12.1. The Morgan fingerprint density at radius 1 is 1.00 bits per heavy atom. The molecule has 1 aromatic heterocycles. The summed E-state index contributed by atoms with van der Waals surface area (Å²) in [6, 6.07) is 11.9. The number of carboxylic acids is 1. The van der Waals surface area contributed by atoms with Crippen molar-refractivity contribution in [1.29, 1.82) is 0 Å². The minimum Gasteiger partial charge on any atom is -0.478 e. The van der Waals surface area contributed by atoms with Gasteiger partial charge in [0, 0.05) is 27.8 Å². The van der Waals surface area contributed by atoms with E-state index < -0.39 is 5.97 Å². The predicted molar refractivity (Wildman–Crippen MR) is 96.3 cm³/mol. The number of nitrogens with one attached hydrogen (secondary N) is 2. The normalized spacial score (nSPS) is 13.4. The van der Waals surface area contributed by atoms with Gasteiger partial charge in [0.05, 0.1) is 5.56 Å². The number of hydrogen-bond acceptors (Lipinski definition) is 2. The number of carboxylic acid groups (broad SMARTS) is 1. The molecule has 0 saturated carbocycles. The molecule has 0 saturated heterocycles. The number of benzene rings is 2. The van der Waals surface area contributed by atoms with E-state index in [0.29, 0.717) is 11.3 Å². The first-order valence-corrected chi connectivity index (χ1v) is 8.40. The third-order valence-corrected chi connectivity index (χ3v) is 4.73. The van der Waals surface area contributed by atoms with Gasteiger partial charge in [-0.3, -0.25) is 4.79 Å². The summed E-state index contributed by atoms with van der Waals surface area (Å²) in [5, 5.41) is 12.9. The molecule has 5 heteroatoms. The molecule has 0 unspecified atom stereocenters. The predicted octanol–water partition coefficient (Wildman–Crippen LogP) is 4.00. The highest BCUT2D eigenvalue weighted by atomic mass is 16.4. The van der Waals surface area contributed by atoms with Crippen LogP contribution in [-0.4, -0.2) is 22.0 Å². The number of aromatic carboxylic acids is 1. The Hall–Kier alpha value is -3.08. The van der Waals surface area contributed by atoms with E-state index in [1.807, 2.05) is 12.1 Å².